The molecule has 0 atom stereocenters. The first-order valence-electron chi connectivity index (χ1n) is 2.93. The van der Waals surface area contributed by atoms with Crippen molar-refractivity contribution >= 4 is 128 Å². The van der Waals surface area contributed by atoms with Crippen LogP contribution < -0.4 is 0 Å². The van der Waals surface area contributed by atoms with Crippen LogP contribution in [0.3, 0.4) is 0 Å². The highest BCUT2D eigenvalue weighted by atomic mass is 127. The molecule has 0 aromatic heterocycles. The Morgan fingerprint density at radius 3 is 1.93 bits per heavy atom. The lowest BCUT2D eigenvalue weighted by Crippen LogP contribution is -2.05. The molecule has 14 heavy (non-hydrogen) atoms. The van der Waals surface area contributed by atoms with Crippen molar-refractivity contribution in [2.24, 2.45) is 0 Å². The van der Waals surface area contributed by atoms with E-state index in [0.29, 0.717) is 10.2 Å². The molecule has 0 bridgehead atoms. The lowest BCUT2D eigenvalue weighted by Gasteiger charge is -2.03. The molecule has 0 saturated heterocycles. The fourth-order valence-electron chi connectivity index (χ4n) is 0.324. The molecule has 0 aliphatic rings. The summed E-state index contributed by atoms with van der Waals surface area (Å²) < 4.78 is 8.28. The third-order valence-corrected chi connectivity index (χ3v) is 8.32. The molecule has 80 valence electrons. The maximum atomic E-state index is 11.3. The van der Waals surface area contributed by atoms with Gasteiger partial charge in [0.15, 0.2) is 0 Å². The van der Waals surface area contributed by atoms with E-state index >= 15 is 0 Å². The number of hydrogen-bond donors (Lipinski definition) is 0. The first-order chi connectivity index (χ1) is 6.36. The summed E-state index contributed by atoms with van der Waals surface area (Å²) in [6, 6.07) is 0. The van der Waals surface area contributed by atoms with Crippen molar-refractivity contribution in [1.29, 1.82) is 0 Å². The van der Waals surface area contributed by atoms with Crippen LogP contribution in [0.15, 0.2) is 12.1 Å². The minimum atomic E-state index is -0.314. The van der Waals surface area contributed by atoms with Crippen molar-refractivity contribution in [1.82, 2.24) is 0 Å². The minimum Gasteiger partial charge on any atom is -0.456 e. The van der Waals surface area contributed by atoms with Crippen molar-refractivity contribution in [2.75, 3.05) is 6.61 Å². The van der Waals surface area contributed by atoms with Gasteiger partial charge in [-0.3, -0.25) is 0 Å². The van der Waals surface area contributed by atoms with Crippen molar-refractivity contribution in [3.05, 3.63) is 12.1 Å². The summed E-state index contributed by atoms with van der Waals surface area (Å²) in [6.07, 6.45) is 0. The summed E-state index contributed by atoms with van der Waals surface area (Å²) in [6.45, 7) is 0.298. The second-order valence-electron chi connectivity index (χ2n) is 1.82. The maximum Gasteiger partial charge on any atom is 0.346 e. The highest BCUT2D eigenvalue weighted by Gasteiger charge is 2.11. The van der Waals surface area contributed by atoms with E-state index in [1.165, 1.54) is 0 Å². The summed E-state index contributed by atoms with van der Waals surface area (Å²) in [5.41, 5.74) is 0. The average molecular weight is 774 g/mol. The first-order valence-corrected chi connectivity index (χ1v) is 8.84. The molecule has 2 nitrogen and oxygen atoms in total. The van der Waals surface area contributed by atoms with Crippen LogP contribution in [0.2, 0.25) is 0 Å². The van der Waals surface area contributed by atoms with Gasteiger partial charge in [0.1, 0.15) is 10.2 Å². The van der Waals surface area contributed by atoms with E-state index in [1.807, 2.05) is 45.2 Å². The van der Waals surface area contributed by atoms with E-state index in [0.717, 1.165) is 8.56 Å². The summed E-state index contributed by atoms with van der Waals surface area (Å²) in [5, 5.41) is 0. The van der Waals surface area contributed by atoms with E-state index < -0.39 is 0 Å². The number of ether oxygens (including phenoxy) is 1. The molecule has 0 radical (unpaired) electrons. The van der Waals surface area contributed by atoms with Gasteiger partial charge in [-0.25, -0.2) is 4.79 Å². The van der Waals surface area contributed by atoms with Crippen LogP contribution in [0.25, 0.3) is 0 Å². The maximum absolute atomic E-state index is 11.3. The molecule has 0 amide bonds. The molecule has 0 N–H and O–H groups in total. The summed E-state index contributed by atoms with van der Waals surface area (Å²) in [4.78, 5) is 11.3. The zero-order valence-corrected chi connectivity index (χ0v) is 18.1. The Morgan fingerprint density at radius 2 is 1.57 bits per heavy atom. The zero-order chi connectivity index (χ0) is 11.3. The Hall–Kier alpha value is 2.83. The molecule has 0 rings (SSSR count). The Bertz CT molecular complexity index is 292. The molecule has 0 aliphatic heterocycles. The number of carbonyl (C=O) groups is 1. The van der Waals surface area contributed by atoms with Crippen molar-refractivity contribution in [2.45, 2.75) is 0 Å². The van der Waals surface area contributed by atoms with Crippen LogP contribution in [-0.4, -0.2) is 12.6 Å². The largest absolute Gasteiger partial charge is 0.456 e. The standard InChI is InChI=1S/C6H2Br2I4O2/c7-4(11)2(9)1-14-6(13)3(10)5(8)12/h1H2. The van der Waals surface area contributed by atoms with Crippen LogP contribution in [0.1, 0.15) is 0 Å². The Balaban J connectivity index is 4.26. The second-order valence-corrected chi connectivity index (χ2v) is 10.9. The average Bonchev–Trinajstić information content (AvgIpc) is 2.11. The third kappa shape index (κ3) is 7.21. The SMILES string of the molecule is O=C(OCC(I)=C(Br)I)C(I)=C(Br)I. The minimum absolute atomic E-state index is 0.298. The molecule has 0 aromatic rings. The Morgan fingerprint density at radius 1 is 1.07 bits per heavy atom. The van der Waals surface area contributed by atoms with E-state index in [-0.39, 0.29) is 5.97 Å². The summed E-state index contributed by atoms with van der Waals surface area (Å²) in [7, 11) is 0. The smallest absolute Gasteiger partial charge is 0.346 e. The van der Waals surface area contributed by atoms with E-state index in [1.54, 1.807) is 0 Å². The Labute approximate surface area is 153 Å². The second kappa shape index (κ2) is 8.85. The van der Waals surface area contributed by atoms with E-state index in [9.17, 15) is 4.79 Å². The number of rotatable bonds is 3. The van der Waals surface area contributed by atoms with Gasteiger partial charge >= 0.3 is 5.97 Å². The molecule has 0 aliphatic carbocycles. The van der Waals surface area contributed by atoms with E-state index in [4.69, 9.17) is 4.74 Å². The molecular formula is C6H2Br2I4O2. The Kier molecular flexibility index (Phi) is 10.6. The van der Waals surface area contributed by atoms with Crippen LogP contribution in [-0.2, 0) is 9.53 Å². The fourth-order valence-corrected chi connectivity index (χ4v) is 1.29. The summed E-state index contributed by atoms with van der Waals surface area (Å²) >= 11 is 14.7. The topological polar surface area (TPSA) is 26.3 Å². The zero-order valence-electron chi connectivity index (χ0n) is 6.29. The van der Waals surface area contributed by atoms with Gasteiger partial charge < -0.3 is 4.74 Å². The first kappa shape index (κ1) is 16.8. The van der Waals surface area contributed by atoms with Crippen LogP contribution in [0.4, 0.5) is 0 Å². The van der Waals surface area contributed by atoms with Crippen molar-refractivity contribution in [3.63, 3.8) is 0 Å². The van der Waals surface area contributed by atoms with Gasteiger partial charge in [0, 0.05) is 3.58 Å². The molecule has 0 saturated carbocycles. The predicted octanol–water partition coefficient (Wildman–Crippen LogP) is 5.40. The van der Waals surface area contributed by atoms with Crippen LogP contribution >= 0.6 is 122 Å². The van der Waals surface area contributed by atoms with Crippen LogP contribution in [0, 0.1) is 0 Å². The van der Waals surface area contributed by atoms with Gasteiger partial charge in [-0.2, -0.15) is 0 Å². The number of hydrogen-bond acceptors (Lipinski definition) is 2. The molecule has 8 heteroatoms. The highest BCUT2D eigenvalue weighted by molar-refractivity contribution is 14.1. The lowest BCUT2D eigenvalue weighted by atomic mass is 10.6. The quantitative estimate of drug-likeness (QED) is 0.219. The monoisotopic (exact) mass is 771 g/mol. The summed E-state index contributed by atoms with van der Waals surface area (Å²) in [5.74, 6) is -0.314. The number of esters is 1. The van der Waals surface area contributed by atoms with Crippen LogP contribution in [0.5, 0.6) is 0 Å². The normalized spacial score (nSPS) is 14.4. The number of carbonyl (C=O) groups excluding carboxylic acids is 1. The molecule has 0 aromatic carbocycles. The predicted molar refractivity (Wildman–Crippen MR) is 98.9 cm³/mol. The van der Waals surface area contributed by atoms with Crippen molar-refractivity contribution in [3.8, 4) is 0 Å². The van der Waals surface area contributed by atoms with Crippen molar-refractivity contribution < 1.29 is 9.53 Å². The van der Waals surface area contributed by atoms with Gasteiger partial charge in [-0.15, -0.1) is 0 Å². The fraction of sp³-hybridized carbons (Fsp3) is 0.167. The van der Waals surface area contributed by atoms with Gasteiger partial charge in [0.05, 0.1) is 4.98 Å². The molecule has 0 spiro atoms. The van der Waals surface area contributed by atoms with Gasteiger partial charge in [0.2, 0.25) is 0 Å². The molecular weight excluding hydrogens is 771 g/mol. The molecule has 0 unspecified atom stereocenters. The number of halogens is 6. The van der Waals surface area contributed by atoms with Gasteiger partial charge in [0.25, 0.3) is 0 Å². The molecule has 0 fully saturated rings. The highest BCUT2D eigenvalue weighted by Crippen LogP contribution is 2.27. The van der Waals surface area contributed by atoms with Gasteiger partial charge in [-0.1, -0.05) is 0 Å². The lowest BCUT2D eigenvalue weighted by molar-refractivity contribution is -0.136. The molecule has 0 heterocycles. The third-order valence-electron chi connectivity index (χ3n) is 0.880. The van der Waals surface area contributed by atoms with E-state index in [2.05, 4.69) is 77.0 Å². The van der Waals surface area contributed by atoms with Gasteiger partial charge in [-0.05, 0) is 122 Å².